The Balaban J connectivity index is 1.87. The Bertz CT molecular complexity index is 1160. The minimum absolute atomic E-state index is 0.0260. The van der Waals surface area contributed by atoms with E-state index in [4.69, 9.17) is 9.72 Å². The number of fused-ring (bicyclic) bond motifs is 3. The summed E-state index contributed by atoms with van der Waals surface area (Å²) in [5, 5.41) is 7.04. The van der Waals surface area contributed by atoms with E-state index in [1.807, 2.05) is 38.1 Å². The Morgan fingerprint density at radius 2 is 2.03 bits per heavy atom. The van der Waals surface area contributed by atoms with Crippen LogP contribution in [0, 0.1) is 0 Å². The van der Waals surface area contributed by atoms with Crippen molar-refractivity contribution in [1.29, 1.82) is 0 Å². The predicted octanol–water partition coefficient (Wildman–Crippen LogP) is 2.77. The van der Waals surface area contributed by atoms with Crippen molar-refractivity contribution in [3.63, 3.8) is 0 Å². The van der Waals surface area contributed by atoms with Gasteiger partial charge < -0.3 is 15.4 Å². The molecular weight excluding hydrogens is 448 g/mol. The number of thioether (sulfide) groups is 1. The summed E-state index contributed by atoms with van der Waals surface area (Å²) in [7, 11) is 1.62. The quantitative estimate of drug-likeness (QED) is 0.251. The second-order valence-corrected chi connectivity index (χ2v) is 9.58. The van der Waals surface area contributed by atoms with Crippen molar-refractivity contribution >= 4 is 55.2 Å². The number of hydrogen-bond donors (Lipinski definition) is 2. The van der Waals surface area contributed by atoms with Crippen LogP contribution in [0.1, 0.15) is 26.7 Å². The Kier molecular flexibility index (Phi) is 8.66. The number of benzene rings is 1. The largest absolute Gasteiger partial charge is 0.385 e. The zero-order chi connectivity index (χ0) is 23.1. The van der Waals surface area contributed by atoms with Crippen molar-refractivity contribution in [1.82, 2.24) is 20.2 Å². The van der Waals surface area contributed by atoms with Crippen molar-refractivity contribution in [2.45, 2.75) is 44.4 Å². The number of hydrogen-bond acceptors (Lipinski definition) is 7. The van der Waals surface area contributed by atoms with Crippen molar-refractivity contribution in [2.24, 2.45) is 0 Å². The summed E-state index contributed by atoms with van der Waals surface area (Å²) in [5.41, 5.74) is 0.457. The van der Waals surface area contributed by atoms with Crippen LogP contribution in [0.3, 0.4) is 0 Å². The summed E-state index contributed by atoms with van der Waals surface area (Å²) in [6.45, 7) is 5.08. The summed E-state index contributed by atoms with van der Waals surface area (Å²) in [4.78, 5) is 42.5. The lowest BCUT2D eigenvalue weighted by Gasteiger charge is -2.13. The number of methoxy groups -OCH3 is 1. The van der Waals surface area contributed by atoms with Crippen molar-refractivity contribution in [3.05, 3.63) is 34.6 Å². The smallest absolute Gasteiger partial charge is 0.272 e. The minimum Gasteiger partial charge on any atom is -0.385 e. The molecule has 0 spiro atoms. The van der Waals surface area contributed by atoms with Crippen molar-refractivity contribution in [2.75, 3.05) is 26.0 Å². The number of amides is 2. The van der Waals surface area contributed by atoms with Gasteiger partial charge in [-0.1, -0.05) is 30.0 Å². The SMILES string of the molecule is COCCCNC(=O)CSc1nc2c(sc3ccccc32)c(=O)n1CCC(=O)NC(C)C. The van der Waals surface area contributed by atoms with E-state index < -0.39 is 0 Å². The zero-order valence-electron chi connectivity index (χ0n) is 18.5. The van der Waals surface area contributed by atoms with Gasteiger partial charge >= 0.3 is 0 Å². The summed E-state index contributed by atoms with van der Waals surface area (Å²) in [5.74, 6) is -0.138. The number of nitrogens with one attached hydrogen (secondary N) is 2. The van der Waals surface area contributed by atoms with E-state index in [2.05, 4.69) is 10.6 Å². The van der Waals surface area contributed by atoms with Crippen LogP contribution in [0.2, 0.25) is 0 Å². The maximum Gasteiger partial charge on any atom is 0.272 e. The second kappa shape index (κ2) is 11.4. The molecule has 0 bridgehead atoms. The molecule has 2 N–H and O–H groups in total. The molecule has 2 heterocycles. The van der Waals surface area contributed by atoms with Crippen molar-refractivity contribution in [3.8, 4) is 0 Å². The average Bonchev–Trinajstić information content (AvgIpc) is 3.13. The molecule has 0 atom stereocenters. The molecule has 0 aliphatic rings. The first-order chi connectivity index (χ1) is 15.4. The van der Waals surface area contributed by atoms with Gasteiger partial charge in [0, 0.05) is 49.4 Å². The summed E-state index contributed by atoms with van der Waals surface area (Å²) < 4.78 is 8.04. The monoisotopic (exact) mass is 476 g/mol. The number of thiophene rings is 1. The van der Waals surface area contributed by atoms with Gasteiger partial charge in [0.15, 0.2) is 5.16 Å². The Labute approximate surface area is 194 Å². The average molecular weight is 477 g/mol. The lowest BCUT2D eigenvalue weighted by Crippen LogP contribution is -2.32. The molecule has 2 aromatic heterocycles. The molecule has 32 heavy (non-hydrogen) atoms. The fourth-order valence-corrected chi connectivity index (χ4v) is 5.13. The third-order valence-electron chi connectivity index (χ3n) is 4.64. The Hall–Kier alpha value is -2.43. The van der Waals surface area contributed by atoms with Gasteiger partial charge in [0.1, 0.15) is 4.70 Å². The minimum atomic E-state index is -0.184. The Morgan fingerprint density at radius 3 is 2.78 bits per heavy atom. The third kappa shape index (κ3) is 6.08. The molecule has 0 saturated carbocycles. The van der Waals surface area contributed by atoms with Gasteiger partial charge in [-0.05, 0) is 26.3 Å². The molecule has 1 aromatic carbocycles. The predicted molar refractivity (Wildman–Crippen MR) is 130 cm³/mol. The highest BCUT2D eigenvalue weighted by molar-refractivity contribution is 7.99. The molecule has 0 radical (unpaired) electrons. The summed E-state index contributed by atoms with van der Waals surface area (Å²) in [6.07, 6.45) is 0.890. The van der Waals surface area contributed by atoms with E-state index in [1.165, 1.54) is 27.7 Å². The number of carbonyl (C=O) groups excluding carboxylic acids is 2. The topological polar surface area (TPSA) is 102 Å². The van der Waals surface area contributed by atoms with Gasteiger partial charge in [0.25, 0.3) is 5.56 Å². The molecule has 3 rings (SSSR count). The Morgan fingerprint density at radius 1 is 1.25 bits per heavy atom. The standard InChI is InChI=1S/C22H28N4O4S2/c1-14(2)24-17(27)9-11-26-21(29)20-19(15-7-4-5-8-16(15)32-20)25-22(26)31-13-18(28)23-10-6-12-30-3/h4-5,7-8,14H,6,9-13H2,1-3H3,(H,23,28)(H,24,27). The van der Waals surface area contributed by atoms with Crippen LogP contribution >= 0.6 is 23.1 Å². The molecule has 0 aliphatic carbocycles. The first-order valence-corrected chi connectivity index (χ1v) is 12.3. The maximum atomic E-state index is 13.3. The van der Waals surface area contributed by atoms with Crippen LogP contribution in [0.15, 0.2) is 34.2 Å². The van der Waals surface area contributed by atoms with E-state index >= 15 is 0 Å². The van der Waals surface area contributed by atoms with Gasteiger partial charge in [-0.25, -0.2) is 4.98 Å². The summed E-state index contributed by atoms with van der Waals surface area (Å²) >= 11 is 2.61. The lowest BCUT2D eigenvalue weighted by atomic mass is 10.2. The normalized spacial score (nSPS) is 11.4. The van der Waals surface area contributed by atoms with Gasteiger partial charge in [-0.3, -0.25) is 19.0 Å². The number of ether oxygens (including phenoxy) is 1. The van der Waals surface area contributed by atoms with Crippen LogP contribution in [-0.4, -0.2) is 53.4 Å². The fraction of sp³-hybridized carbons (Fsp3) is 0.455. The molecule has 172 valence electrons. The number of rotatable bonds is 11. The molecule has 8 nitrogen and oxygen atoms in total. The summed E-state index contributed by atoms with van der Waals surface area (Å²) in [6, 6.07) is 7.77. The molecule has 0 saturated heterocycles. The second-order valence-electron chi connectivity index (χ2n) is 7.58. The van der Waals surface area contributed by atoms with Crippen LogP contribution in [0.5, 0.6) is 0 Å². The van der Waals surface area contributed by atoms with E-state index in [9.17, 15) is 14.4 Å². The molecule has 0 unspecified atom stereocenters. The highest BCUT2D eigenvalue weighted by Crippen LogP contribution is 2.31. The maximum absolute atomic E-state index is 13.3. The fourth-order valence-electron chi connectivity index (χ4n) is 3.19. The zero-order valence-corrected chi connectivity index (χ0v) is 20.1. The third-order valence-corrected chi connectivity index (χ3v) is 6.76. The van der Waals surface area contributed by atoms with Gasteiger partial charge in [-0.2, -0.15) is 0 Å². The van der Waals surface area contributed by atoms with Crippen molar-refractivity contribution < 1.29 is 14.3 Å². The first kappa shape index (κ1) is 24.2. The number of nitrogens with zero attached hydrogens (tertiary/aromatic N) is 2. The molecule has 3 aromatic rings. The van der Waals surface area contributed by atoms with Gasteiger partial charge in [-0.15, -0.1) is 11.3 Å². The van der Waals surface area contributed by atoms with Crippen LogP contribution in [0.25, 0.3) is 20.3 Å². The van der Waals surface area contributed by atoms with E-state index in [0.717, 1.165) is 16.5 Å². The highest BCUT2D eigenvalue weighted by atomic mass is 32.2. The number of carbonyl (C=O) groups is 2. The first-order valence-electron chi connectivity index (χ1n) is 10.5. The highest BCUT2D eigenvalue weighted by Gasteiger charge is 2.18. The molecule has 2 amide bonds. The van der Waals surface area contributed by atoms with Gasteiger partial charge in [0.2, 0.25) is 11.8 Å². The molecular formula is C22H28N4O4S2. The van der Waals surface area contributed by atoms with E-state index in [-0.39, 0.29) is 42.1 Å². The lowest BCUT2D eigenvalue weighted by molar-refractivity contribution is -0.122. The van der Waals surface area contributed by atoms with Crippen LogP contribution in [-0.2, 0) is 20.9 Å². The molecule has 10 heteroatoms. The molecule has 0 aliphatic heterocycles. The number of aromatic nitrogens is 2. The van der Waals surface area contributed by atoms with E-state index in [1.54, 1.807) is 7.11 Å². The van der Waals surface area contributed by atoms with E-state index in [0.29, 0.717) is 28.5 Å². The van der Waals surface area contributed by atoms with Crippen LogP contribution < -0.4 is 16.2 Å². The molecule has 0 fully saturated rings. The van der Waals surface area contributed by atoms with Crippen LogP contribution in [0.4, 0.5) is 0 Å². The van der Waals surface area contributed by atoms with Gasteiger partial charge in [0.05, 0.1) is 11.3 Å².